The summed E-state index contributed by atoms with van der Waals surface area (Å²) in [6.45, 7) is 2.42. The van der Waals surface area contributed by atoms with Gasteiger partial charge in [-0.2, -0.15) is 0 Å². The third-order valence-corrected chi connectivity index (χ3v) is 6.25. The van der Waals surface area contributed by atoms with Crippen LogP contribution in [0.1, 0.15) is 66.4 Å². The summed E-state index contributed by atoms with van der Waals surface area (Å²) in [6.07, 6.45) is 6.57. The molecule has 0 saturated heterocycles. The molecule has 2 aliphatic rings. The highest BCUT2D eigenvalue weighted by molar-refractivity contribution is 6.08. The molecular weight excluding hydrogens is 356 g/mol. The zero-order valence-corrected chi connectivity index (χ0v) is 16.4. The van der Waals surface area contributed by atoms with Crippen LogP contribution in [0, 0.1) is 12.8 Å². The lowest BCUT2D eigenvalue weighted by Crippen LogP contribution is -2.34. The van der Waals surface area contributed by atoms with Gasteiger partial charge in [0.1, 0.15) is 0 Å². The highest BCUT2D eigenvalue weighted by Crippen LogP contribution is 2.36. The maximum absolute atomic E-state index is 13.3. The first-order valence-electron chi connectivity index (χ1n) is 10.3. The summed E-state index contributed by atoms with van der Waals surface area (Å²) in [5.41, 5.74) is 4.27. The first-order valence-corrected chi connectivity index (χ1v) is 10.3. The Kier molecular flexibility index (Phi) is 5.22. The van der Waals surface area contributed by atoms with E-state index in [0.717, 1.165) is 29.2 Å². The van der Waals surface area contributed by atoms with Crippen LogP contribution >= 0.6 is 0 Å². The quantitative estimate of drug-likeness (QED) is 0.662. The van der Waals surface area contributed by atoms with Crippen molar-refractivity contribution >= 4 is 22.3 Å². The summed E-state index contributed by atoms with van der Waals surface area (Å²) < 4.78 is 26.6. The molecule has 2 aromatic carbocycles. The second-order valence-electron chi connectivity index (χ2n) is 8.32. The Morgan fingerprint density at radius 1 is 1.18 bits per heavy atom. The number of rotatable bonds is 4. The van der Waals surface area contributed by atoms with Gasteiger partial charge in [-0.15, -0.1) is 0 Å². The molecule has 2 aliphatic carbocycles. The molecule has 0 unspecified atom stereocenters. The molecule has 0 atom stereocenters. The Balaban J connectivity index is 1.52. The van der Waals surface area contributed by atoms with Gasteiger partial charge in [0.25, 0.3) is 5.91 Å². The van der Waals surface area contributed by atoms with E-state index in [9.17, 15) is 13.6 Å². The Labute approximate surface area is 165 Å². The summed E-state index contributed by atoms with van der Waals surface area (Å²) in [7, 11) is 0. The van der Waals surface area contributed by atoms with Crippen molar-refractivity contribution in [1.82, 2.24) is 5.32 Å². The molecule has 4 heteroatoms. The van der Waals surface area contributed by atoms with Gasteiger partial charge in [-0.3, -0.25) is 4.79 Å². The number of amides is 1. The molecule has 1 fully saturated rings. The minimum atomic E-state index is -2.53. The van der Waals surface area contributed by atoms with Crippen molar-refractivity contribution < 1.29 is 13.6 Å². The standard InChI is InChI=1S/C24H27F2NO/c1-16-6-7-20-14-19(18-4-2-3-5-18)8-9-21(20)22(16)23(28)27-15-17-10-12-24(25,26)13-11-17/h4,6-9,14,17H,2-3,5,10-13,15H2,1H3,(H,27,28). The number of allylic oxidation sites excluding steroid dienone is 2. The number of carbonyl (C=O) groups excluding carboxylic acids is 1. The average Bonchev–Trinajstić information content (AvgIpc) is 3.21. The van der Waals surface area contributed by atoms with Crippen molar-refractivity contribution in [3.05, 3.63) is 53.1 Å². The fourth-order valence-corrected chi connectivity index (χ4v) is 4.50. The maximum Gasteiger partial charge on any atom is 0.252 e. The maximum atomic E-state index is 13.3. The Morgan fingerprint density at radius 3 is 2.68 bits per heavy atom. The number of benzene rings is 2. The van der Waals surface area contributed by atoms with Crippen LogP contribution in [0.25, 0.3) is 16.3 Å². The van der Waals surface area contributed by atoms with Gasteiger partial charge < -0.3 is 5.32 Å². The molecule has 2 nitrogen and oxygen atoms in total. The zero-order valence-electron chi connectivity index (χ0n) is 16.4. The van der Waals surface area contributed by atoms with Crippen LogP contribution in [0.4, 0.5) is 8.78 Å². The van der Waals surface area contributed by atoms with Gasteiger partial charge >= 0.3 is 0 Å². The monoisotopic (exact) mass is 383 g/mol. The van der Waals surface area contributed by atoms with E-state index in [1.54, 1.807) is 0 Å². The Hall–Kier alpha value is -2.23. The summed E-state index contributed by atoms with van der Waals surface area (Å²) >= 11 is 0. The summed E-state index contributed by atoms with van der Waals surface area (Å²) in [5, 5.41) is 5.03. The molecular formula is C24H27F2NO. The van der Waals surface area contributed by atoms with E-state index in [2.05, 4.69) is 29.6 Å². The van der Waals surface area contributed by atoms with E-state index in [-0.39, 0.29) is 24.7 Å². The van der Waals surface area contributed by atoms with Crippen molar-refractivity contribution in [3.8, 4) is 0 Å². The molecule has 0 bridgehead atoms. The lowest BCUT2D eigenvalue weighted by Gasteiger charge is -2.28. The molecule has 28 heavy (non-hydrogen) atoms. The van der Waals surface area contributed by atoms with Crippen LogP contribution in [0.2, 0.25) is 0 Å². The number of alkyl halides is 2. The van der Waals surface area contributed by atoms with Crippen LogP contribution in [-0.2, 0) is 0 Å². The van der Waals surface area contributed by atoms with Crippen molar-refractivity contribution in [2.24, 2.45) is 5.92 Å². The average molecular weight is 383 g/mol. The van der Waals surface area contributed by atoms with Crippen LogP contribution < -0.4 is 5.32 Å². The Morgan fingerprint density at radius 2 is 1.96 bits per heavy atom. The minimum absolute atomic E-state index is 0.0700. The van der Waals surface area contributed by atoms with E-state index in [1.165, 1.54) is 17.6 Å². The van der Waals surface area contributed by atoms with Gasteiger partial charge in [0.2, 0.25) is 5.92 Å². The zero-order chi connectivity index (χ0) is 19.7. The first-order chi connectivity index (χ1) is 13.4. The normalized spacial score (nSPS) is 19.6. The molecule has 1 amide bonds. The van der Waals surface area contributed by atoms with Gasteiger partial charge in [0, 0.05) is 19.4 Å². The highest BCUT2D eigenvalue weighted by atomic mass is 19.3. The Bertz CT molecular complexity index is 922. The molecule has 4 rings (SSSR count). The van der Waals surface area contributed by atoms with Gasteiger partial charge in [-0.1, -0.05) is 30.3 Å². The number of hydrogen-bond donors (Lipinski definition) is 1. The van der Waals surface area contributed by atoms with Crippen molar-refractivity contribution in [3.63, 3.8) is 0 Å². The molecule has 0 aliphatic heterocycles. The lowest BCUT2D eigenvalue weighted by atomic mass is 9.86. The molecule has 0 heterocycles. The van der Waals surface area contributed by atoms with E-state index in [4.69, 9.17) is 0 Å². The van der Waals surface area contributed by atoms with Gasteiger partial charge in [-0.25, -0.2) is 8.78 Å². The van der Waals surface area contributed by atoms with Crippen LogP contribution in [-0.4, -0.2) is 18.4 Å². The van der Waals surface area contributed by atoms with Crippen molar-refractivity contribution in [2.75, 3.05) is 6.54 Å². The fourth-order valence-electron chi connectivity index (χ4n) is 4.50. The number of nitrogens with one attached hydrogen (secondary N) is 1. The topological polar surface area (TPSA) is 29.1 Å². The van der Waals surface area contributed by atoms with E-state index in [0.29, 0.717) is 24.9 Å². The second-order valence-corrected chi connectivity index (χ2v) is 8.32. The number of hydrogen-bond acceptors (Lipinski definition) is 1. The highest BCUT2D eigenvalue weighted by Gasteiger charge is 2.34. The summed E-state index contributed by atoms with van der Waals surface area (Å²) in [6, 6.07) is 10.4. The fraction of sp³-hybridized carbons (Fsp3) is 0.458. The smallest absolute Gasteiger partial charge is 0.252 e. The largest absolute Gasteiger partial charge is 0.352 e. The van der Waals surface area contributed by atoms with Crippen LogP contribution in [0.3, 0.4) is 0 Å². The number of carbonyl (C=O) groups is 1. The molecule has 0 spiro atoms. The van der Waals surface area contributed by atoms with E-state index >= 15 is 0 Å². The van der Waals surface area contributed by atoms with Gasteiger partial charge in [-0.05, 0) is 78.5 Å². The third-order valence-electron chi connectivity index (χ3n) is 6.25. The predicted molar refractivity (Wildman–Crippen MR) is 110 cm³/mol. The third kappa shape index (κ3) is 3.96. The van der Waals surface area contributed by atoms with E-state index in [1.807, 2.05) is 19.1 Å². The summed E-state index contributed by atoms with van der Waals surface area (Å²) in [4.78, 5) is 12.9. The number of halogens is 2. The predicted octanol–water partition coefficient (Wildman–Crippen LogP) is 6.27. The van der Waals surface area contributed by atoms with Crippen LogP contribution in [0.5, 0.6) is 0 Å². The molecule has 1 N–H and O–H groups in total. The SMILES string of the molecule is Cc1ccc2cc(C3=CCCC3)ccc2c1C(=O)NCC1CCC(F)(F)CC1. The van der Waals surface area contributed by atoms with Crippen molar-refractivity contribution in [1.29, 1.82) is 0 Å². The second kappa shape index (κ2) is 7.65. The van der Waals surface area contributed by atoms with Gasteiger partial charge in [0.05, 0.1) is 5.56 Å². The molecule has 0 aromatic heterocycles. The first kappa shape index (κ1) is 19.1. The molecule has 2 aromatic rings. The summed E-state index contributed by atoms with van der Waals surface area (Å²) in [5.74, 6) is -2.49. The molecule has 1 saturated carbocycles. The number of fused-ring (bicyclic) bond motifs is 1. The number of aryl methyl sites for hydroxylation is 1. The lowest BCUT2D eigenvalue weighted by molar-refractivity contribution is -0.0452. The molecule has 0 radical (unpaired) electrons. The van der Waals surface area contributed by atoms with E-state index < -0.39 is 5.92 Å². The molecule has 148 valence electrons. The van der Waals surface area contributed by atoms with Gasteiger partial charge in [0.15, 0.2) is 0 Å². The van der Waals surface area contributed by atoms with Crippen molar-refractivity contribution in [2.45, 2.75) is 57.8 Å². The minimum Gasteiger partial charge on any atom is -0.352 e. The van der Waals surface area contributed by atoms with Crippen LogP contribution in [0.15, 0.2) is 36.4 Å².